The minimum Gasteiger partial charge on any atom is -0.334 e. The molecule has 0 aliphatic carbocycles. The average molecular weight is 446 g/mol. The van der Waals surface area contributed by atoms with Crippen molar-refractivity contribution in [2.75, 3.05) is 39.8 Å². The summed E-state index contributed by atoms with van der Waals surface area (Å²) in [6.07, 6.45) is 4.31. The number of carbonyl (C=O) groups is 1. The van der Waals surface area contributed by atoms with Gasteiger partial charge in [0.15, 0.2) is 5.69 Å². The van der Waals surface area contributed by atoms with Gasteiger partial charge in [0.25, 0.3) is 5.91 Å². The summed E-state index contributed by atoms with van der Waals surface area (Å²) in [6.45, 7) is 7.09. The zero-order valence-electron chi connectivity index (χ0n) is 16.6. The van der Waals surface area contributed by atoms with Gasteiger partial charge >= 0.3 is 0 Å². The lowest BCUT2D eigenvalue weighted by molar-refractivity contribution is 0.0224. The third-order valence-electron chi connectivity index (χ3n) is 6.00. The molecule has 2 aliphatic rings. The zero-order chi connectivity index (χ0) is 19.7. The van der Waals surface area contributed by atoms with Crippen molar-refractivity contribution in [3.63, 3.8) is 0 Å². The lowest BCUT2D eigenvalue weighted by Crippen LogP contribution is -2.58. The molecule has 0 spiro atoms. The molecule has 0 unspecified atom stereocenters. The maximum absolute atomic E-state index is 13.0. The highest BCUT2D eigenvalue weighted by atomic mass is 79.9. The minimum absolute atomic E-state index is 0.0311. The van der Waals surface area contributed by atoms with Gasteiger partial charge in [-0.3, -0.25) is 9.69 Å². The fourth-order valence-electron chi connectivity index (χ4n) is 4.39. The molecule has 1 aromatic heterocycles. The first-order valence-electron chi connectivity index (χ1n) is 10.1. The average Bonchev–Trinajstić information content (AvgIpc) is 3.18. The molecule has 1 atom stereocenters. The molecule has 2 aliphatic heterocycles. The number of rotatable bonds is 3. The molecule has 2 aromatic rings. The second-order valence-electron chi connectivity index (χ2n) is 8.00. The molecule has 0 bridgehead atoms. The summed E-state index contributed by atoms with van der Waals surface area (Å²) in [5, 5.41) is 4.52. The Labute approximate surface area is 175 Å². The number of aromatic nitrogens is 2. The molecular formula is C21H28BrN5O. The number of hydrogen-bond acceptors (Lipinski definition) is 4. The Bertz CT molecular complexity index is 830. The first kappa shape index (κ1) is 19.6. The Morgan fingerprint density at radius 1 is 1.14 bits per heavy atom. The fourth-order valence-corrected chi connectivity index (χ4v) is 4.77. The summed E-state index contributed by atoms with van der Waals surface area (Å²) in [7, 11) is 2.20. The van der Waals surface area contributed by atoms with E-state index in [1.807, 2.05) is 41.4 Å². The van der Waals surface area contributed by atoms with Gasteiger partial charge in [0.2, 0.25) is 0 Å². The van der Waals surface area contributed by atoms with Gasteiger partial charge in [-0.15, -0.1) is 0 Å². The Kier molecular flexibility index (Phi) is 5.85. The number of benzene rings is 1. The predicted molar refractivity (Wildman–Crippen MR) is 114 cm³/mol. The van der Waals surface area contributed by atoms with Gasteiger partial charge in [-0.2, -0.15) is 5.10 Å². The van der Waals surface area contributed by atoms with Crippen LogP contribution in [-0.4, -0.2) is 82.2 Å². The number of piperidine rings is 1. The van der Waals surface area contributed by atoms with Crippen LogP contribution >= 0.6 is 15.9 Å². The molecular weight excluding hydrogens is 418 g/mol. The zero-order valence-corrected chi connectivity index (χ0v) is 18.2. The van der Waals surface area contributed by atoms with Gasteiger partial charge in [0, 0.05) is 42.4 Å². The summed E-state index contributed by atoms with van der Waals surface area (Å²) < 4.78 is 2.75. The molecule has 0 N–H and O–H groups in total. The van der Waals surface area contributed by atoms with Crippen LogP contribution < -0.4 is 0 Å². The third kappa shape index (κ3) is 4.16. The molecule has 0 saturated carbocycles. The van der Waals surface area contributed by atoms with E-state index in [2.05, 4.69) is 44.8 Å². The third-order valence-corrected chi connectivity index (χ3v) is 6.50. The molecule has 2 saturated heterocycles. The fraction of sp³-hybridized carbons (Fsp3) is 0.524. The van der Waals surface area contributed by atoms with Crippen LogP contribution in [-0.2, 0) is 0 Å². The molecule has 7 heteroatoms. The van der Waals surface area contributed by atoms with Gasteiger partial charge in [0.1, 0.15) is 0 Å². The molecule has 1 aromatic carbocycles. The van der Waals surface area contributed by atoms with Gasteiger partial charge < -0.3 is 9.80 Å². The number of nitrogens with zero attached hydrogens (tertiary/aromatic N) is 5. The van der Waals surface area contributed by atoms with E-state index in [9.17, 15) is 4.79 Å². The smallest absolute Gasteiger partial charge is 0.274 e. The van der Waals surface area contributed by atoms with Crippen molar-refractivity contribution in [2.24, 2.45) is 0 Å². The van der Waals surface area contributed by atoms with Crippen molar-refractivity contribution in [2.45, 2.75) is 31.8 Å². The molecule has 28 heavy (non-hydrogen) atoms. The second kappa shape index (κ2) is 8.35. The Hall–Kier alpha value is -1.70. The predicted octanol–water partition coefficient (Wildman–Crippen LogP) is 2.88. The van der Waals surface area contributed by atoms with E-state index < -0.39 is 0 Å². The van der Waals surface area contributed by atoms with Crippen LogP contribution in [0.2, 0.25) is 0 Å². The van der Waals surface area contributed by atoms with E-state index in [0.29, 0.717) is 17.8 Å². The van der Waals surface area contributed by atoms with Crippen LogP contribution in [0.1, 0.15) is 30.3 Å². The number of amides is 1. The summed E-state index contributed by atoms with van der Waals surface area (Å²) in [5.74, 6) is 0.0311. The van der Waals surface area contributed by atoms with E-state index in [4.69, 9.17) is 0 Å². The highest BCUT2D eigenvalue weighted by molar-refractivity contribution is 9.10. The van der Waals surface area contributed by atoms with Crippen molar-refractivity contribution in [1.82, 2.24) is 24.5 Å². The Balaban J connectivity index is 1.40. The van der Waals surface area contributed by atoms with Gasteiger partial charge in [-0.1, -0.05) is 22.0 Å². The van der Waals surface area contributed by atoms with Crippen LogP contribution in [0.3, 0.4) is 0 Å². The lowest BCUT2D eigenvalue weighted by Gasteiger charge is -2.46. The maximum Gasteiger partial charge on any atom is 0.274 e. The lowest BCUT2D eigenvalue weighted by atomic mass is 10.00. The van der Waals surface area contributed by atoms with Crippen molar-refractivity contribution in [3.8, 4) is 5.69 Å². The number of halogens is 1. The molecule has 2 fully saturated rings. The Morgan fingerprint density at radius 2 is 1.93 bits per heavy atom. The van der Waals surface area contributed by atoms with Crippen molar-refractivity contribution < 1.29 is 4.79 Å². The normalized spacial score (nSPS) is 22.5. The van der Waals surface area contributed by atoms with Crippen LogP contribution in [0.15, 0.2) is 41.0 Å². The molecule has 4 rings (SSSR count). The standard InChI is InChI=1S/C21H28BrN5O/c1-16-15-25(12-13-26(16)18-6-9-24(2)10-7-18)21(28)20-8-11-27(23-20)19-5-3-4-17(22)14-19/h3-5,8,11,14,16,18H,6-7,9-10,12-13,15H2,1-2H3/t16-/m0/s1. The first-order chi connectivity index (χ1) is 13.5. The summed E-state index contributed by atoms with van der Waals surface area (Å²) in [5.41, 5.74) is 1.45. The molecule has 150 valence electrons. The highest BCUT2D eigenvalue weighted by Gasteiger charge is 2.33. The second-order valence-corrected chi connectivity index (χ2v) is 8.91. The molecule has 0 radical (unpaired) electrons. The Morgan fingerprint density at radius 3 is 2.64 bits per heavy atom. The van der Waals surface area contributed by atoms with E-state index >= 15 is 0 Å². The molecule has 1 amide bonds. The van der Waals surface area contributed by atoms with Crippen LogP contribution in [0.4, 0.5) is 0 Å². The summed E-state index contributed by atoms with van der Waals surface area (Å²) in [4.78, 5) is 20.0. The number of piperazine rings is 1. The largest absolute Gasteiger partial charge is 0.334 e. The van der Waals surface area contributed by atoms with E-state index in [0.717, 1.165) is 29.8 Å². The monoisotopic (exact) mass is 445 g/mol. The quantitative estimate of drug-likeness (QED) is 0.728. The summed E-state index contributed by atoms with van der Waals surface area (Å²) >= 11 is 3.48. The van der Waals surface area contributed by atoms with Gasteiger partial charge in [-0.25, -0.2) is 4.68 Å². The minimum atomic E-state index is 0.0311. The topological polar surface area (TPSA) is 44.6 Å². The van der Waals surface area contributed by atoms with Crippen molar-refractivity contribution in [1.29, 1.82) is 0 Å². The number of carbonyl (C=O) groups excluding carboxylic acids is 1. The molecule has 6 nitrogen and oxygen atoms in total. The van der Waals surface area contributed by atoms with E-state index in [-0.39, 0.29) is 5.91 Å². The SMILES string of the molecule is C[C@H]1CN(C(=O)c2ccn(-c3cccc(Br)c3)n2)CCN1C1CCN(C)CC1. The van der Waals surface area contributed by atoms with Crippen LogP contribution in [0.5, 0.6) is 0 Å². The number of likely N-dealkylation sites (tertiary alicyclic amines) is 1. The van der Waals surface area contributed by atoms with Crippen LogP contribution in [0, 0.1) is 0 Å². The van der Waals surface area contributed by atoms with E-state index in [1.165, 1.54) is 25.9 Å². The van der Waals surface area contributed by atoms with E-state index in [1.54, 1.807) is 4.68 Å². The van der Waals surface area contributed by atoms with Crippen molar-refractivity contribution in [3.05, 3.63) is 46.7 Å². The number of hydrogen-bond donors (Lipinski definition) is 0. The van der Waals surface area contributed by atoms with Gasteiger partial charge in [-0.05, 0) is 64.2 Å². The van der Waals surface area contributed by atoms with Crippen molar-refractivity contribution >= 4 is 21.8 Å². The molecule has 3 heterocycles. The van der Waals surface area contributed by atoms with Gasteiger partial charge in [0.05, 0.1) is 5.69 Å². The summed E-state index contributed by atoms with van der Waals surface area (Å²) in [6, 6.07) is 10.8. The maximum atomic E-state index is 13.0. The van der Waals surface area contributed by atoms with Crippen LogP contribution in [0.25, 0.3) is 5.69 Å². The highest BCUT2D eigenvalue weighted by Crippen LogP contribution is 2.22. The first-order valence-corrected chi connectivity index (χ1v) is 10.9.